The Balaban J connectivity index is 1.70. The zero-order valence-electron chi connectivity index (χ0n) is 29.8. The van der Waals surface area contributed by atoms with Gasteiger partial charge < -0.3 is 30.6 Å². The number of hydrogen-bond donors (Lipinski definition) is 4. The van der Waals surface area contributed by atoms with Gasteiger partial charge in [-0.2, -0.15) is 0 Å². The van der Waals surface area contributed by atoms with Crippen LogP contribution in [0.4, 0.5) is 0 Å². The van der Waals surface area contributed by atoms with Crippen molar-refractivity contribution in [2.45, 2.75) is 101 Å². The number of rotatable bonds is 20. The summed E-state index contributed by atoms with van der Waals surface area (Å²) >= 11 is 0. The van der Waals surface area contributed by atoms with E-state index in [1.807, 2.05) is 55.6 Å². The highest BCUT2D eigenvalue weighted by molar-refractivity contribution is 5.91. The molecule has 1 saturated carbocycles. The van der Waals surface area contributed by atoms with Gasteiger partial charge in [0.05, 0.1) is 18.1 Å². The topological polar surface area (TPSA) is 122 Å². The second kappa shape index (κ2) is 21.8. The fourth-order valence-electron chi connectivity index (χ4n) is 6.58. The minimum atomic E-state index is -1.23. The quantitative estimate of drug-likeness (QED) is 0.157. The lowest BCUT2D eigenvalue weighted by molar-refractivity contribution is -0.137. The Morgan fingerprint density at radius 3 is 2.12 bits per heavy atom. The van der Waals surface area contributed by atoms with E-state index >= 15 is 0 Å². The van der Waals surface area contributed by atoms with Gasteiger partial charge in [0.15, 0.2) is 0 Å². The first-order valence-electron chi connectivity index (χ1n) is 17.9. The van der Waals surface area contributed by atoms with Crippen LogP contribution in [0.2, 0.25) is 0 Å². The van der Waals surface area contributed by atoms with Crippen LogP contribution in [0.5, 0.6) is 0 Å². The number of amides is 3. The summed E-state index contributed by atoms with van der Waals surface area (Å²) < 4.78 is 0. The Labute approximate surface area is 299 Å². The smallest absolute Gasteiger partial charge is 0.243 e. The van der Waals surface area contributed by atoms with Crippen LogP contribution in [0.25, 0.3) is 0 Å². The minimum absolute atomic E-state index is 0.0472. The first kappa shape index (κ1) is 40.3. The summed E-state index contributed by atoms with van der Waals surface area (Å²) in [7, 11) is 3.74. The lowest BCUT2D eigenvalue weighted by Gasteiger charge is -2.33. The molecule has 5 atom stereocenters. The average molecular weight is 685 g/mol. The molecule has 0 saturated heterocycles. The third kappa shape index (κ3) is 14.0. The summed E-state index contributed by atoms with van der Waals surface area (Å²) in [5.74, 6) is 3.34. The molecule has 3 rings (SSSR count). The lowest BCUT2D eigenvalue weighted by atomic mass is 9.82. The molecule has 0 heterocycles. The van der Waals surface area contributed by atoms with Crippen LogP contribution in [-0.4, -0.2) is 89.2 Å². The maximum absolute atomic E-state index is 13.9. The summed E-state index contributed by atoms with van der Waals surface area (Å²) in [6.07, 6.45) is 15.1. The molecule has 1 fully saturated rings. The van der Waals surface area contributed by atoms with E-state index in [0.29, 0.717) is 38.3 Å². The highest BCUT2D eigenvalue weighted by Gasteiger charge is 2.34. The van der Waals surface area contributed by atoms with Crippen LogP contribution in [0.3, 0.4) is 0 Å². The van der Waals surface area contributed by atoms with Crippen molar-refractivity contribution >= 4 is 17.7 Å². The van der Waals surface area contributed by atoms with Crippen LogP contribution < -0.4 is 10.6 Å². The summed E-state index contributed by atoms with van der Waals surface area (Å²) in [5.41, 5.74) is 2.07. The lowest BCUT2D eigenvalue weighted by Crippen LogP contribution is -2.55. The number of aliphatic hydroxyl groups is 2. The maximum atomic E-state index is 13.9. The molecular weight excluding hydrogens is 628 g/mol. The van der Waals surface area contributed by atoms with Crippen LogP contribution in [0, 0.1) is 36.5 Å². The van der Waals surface area contributed by atoms with Crippen LogP contribution >= 0.6 is 0 Å². The number of benzene rings is 2. The fourth-order valence-corrected chi connectivity index (χ4v) is 6.58. The van der Waals surface area contributed by atoms with E-state index in [0.717, 1.165) is 44.2 Å². The molecule has 1 aliphatic rings. The summed E-state index contributed by atoms with van der Waals surface area (Å²) in [4.78, 5) is 44.9. The molecule has 9 heteroatoms. The Hall–Kier alpha value is -4.15. The van der Waals surface area contributed by atoms with Crippen molar-refractivity contribution in [3.05, 3.63) is 71.8 Å². The summed E-state index contributed by atoms with van der Waals surface area (Å²) in [5, 5.41) is 27.6. The zero-order chi connectivity index (χ0) is 36.3. The van der Waals surface area contributed by atoms with Crippen molar-refractivity contribution < 1.29 is 24.6 Å². The van der Waals surface area contributed by atoms with Crippen molar-refractivity contribution in [1.82, 2.24) is 20.4 Å². The molecular formula is C41H56N4O5. The number of aliphatic hydroxyl groups excluding tert-OH is 2. The van der Waals surface area contributed by atoms with Crippen molar-refractivity contribution in [2.75, 3.05) is 27.2 Å². The van der Waals surface area contributed by atoms with Crippen LogP contribution in [-0.2, 0) is 27.3 Å². The van der Waals surface area contributed by atoms with E-state index in [9.17, 15) is 24.6 Å². The SMILES string of the molecule is C#CCCC(O)[C@H](O)C(CC1CCCCC1)NC(=O)[C@H](CC#C)NC(=O)C(CC(=O)N(C)CCN(C)Cc1ccccc1)Cc1ccccc1. The number of nitrogens with zero attached hydrogens (tertiary/aromatic N) is 2. The number of terminal acetylenes is 2. The Morgan fingerprint density at radius 2 is 1.50 bits per heavy atom. The monoisotopic (exact) mass is 684 g/mol. The second-order valence-corrected chi connectivity index (χ2v) is 13.8. The minimum Gasteiger partial charge on any atom is -0.390 e. The summed E-state index contributed by atoms with van der Waals surface area (Å²) in [6.45, 7) is 1.90. The number of likely N-dealkylation sites (N-methyl/N-ethyl adjacent to an activating group) is 2. The molecule has 0 radical (unpaired) electrons. The van der Waals surface area contributed by atoms with Crippen molar-refractivity contribution in [2.24, 2.45) is 11.8 Å². The maximum Gasteiger partial charge on any atom is 0.243 e. The van der Waals surface area contributed by atoms with Gasteiger partial charge in [0.1, 0.15) is 12.1 Å². The molecule has 0 aliphatic heterocycles. The molecule has 3 amide bonds. The molecule has 1 aliphatic carbocycles. The van der Waals surface area contributed by atoms with Gasteiger partial charge in [-0.1, -0.05) is 92.8 Å². The van der Waals surface area contributed by atoms with E-state index in [1.165, 1.54) is 5.56 Å². The van der Waals surface area contributed by atoms with E-state index < -0.39 is 42.0 Å². The van der Waals surface area contributed by atoms with Gasteiger partial charge >= 0.3 is 0 Å². The zero-order valence-corrected chi connectivity index (χ0v) is 29.8. The van der Waals surface area contributed by atoms with E-state index in [2.05, 4.69) is 39.5 Å². The molecule has 4 N–H and O–H groups in total. The third-order valence-electron chi connectivity index (χ3n) is 9.64. The molecule has 0 spiro atoms. The molecule has 0 bridgehead atoms. The molecule has 270 valence electrons. The number of carbonyl (C=O) groups is 3. The van der Waals surface area contributed by atoms with Crippen LogP contribution in [0.15, 0.2) is 60.7 Å². The average Bonchev–Trinajstić information content (AvgIpc) is 3.12. The van der Waals surface area contributed by atoms with Gasteiger partial charge in [0, 0.05) is 45.9 Å². The van der Waals surface area contributed by atoms with E-state index in [4.69, 9.17) is 12.8 Å². The molecule has 3 unspecified atom stereocenters. The predicted molar refractivity (Wildman–Crippen MR) is 197 cm³/mol. The van der Waals surface area contributed by atoms with Gasteiger partial charge in [-0.15, -0.1) is 24.7 Å². The van der Waals surface area contributed by atoms with Crippen molar-refractivity contribution in [1.29, 1.82) is 0 Å². The fraction of sp³-hybridized carbons (Fsp3) is 0.537. The normalized spacial score (nSPS) is 16.2. The second-order valence-electron chi connectivity index (χ2n) is 13.8. The standard InChI is InChI=1S/C41H56N4O5/c1-5-7-24-37(46)39(48)36(28-32-20-13-9-14-21-32)43-41(50)35(17-6-2)42-40(49)34(27-31-18-11-8-12-19-31)29-38(47)45(4)26-25-44(3)30-33-22-15-10-16-23-33/h1-2,8,10-12,15-16,18-19,22-23,32,34-37,39,46,48H,7,9,13-14,17,20-21,24-30H2,3-4H3,(H,42,49)(H,43,50)/t34?,35-,36?,37?,39+/m0/s1. The Morgan fingerprint density at radius 1 is 0.860 bits per heavy atom. The molecule has 0 aromatic heterocycles. The third-order valence-corrected chi connectivity index (χ3v) is 9.64. The molecule has 2 aromatic carbocycles. The number of hydrogen-bond acceptors (Lipinski definition) is 6. The van der Waals surface area contributed by atoms with Gasteiger partial charge in [-0.05, 0) is 43.4 Å². The molecule has 9 nitrogen and oxygen atoms in total. The predicted octanol–water partition coefficient (Wildman–Crippen LogP) is 3.92. The largest absolute Gasteiger partial charge is 0.390 e. The first-order valence-corrected chi connectivity index (χ1v) is 17.9. The number of carbonyl (C=O) groups excluding carboxylic acids is 3. The van der Waals surface area contributed by atoms with Crippen molar-refractivity contribution in [3.63, 3.8) is 0 Å². The Kier molecular flexibility index (Phi) is 17.6. The molecule has 2 aromatic rings. The highest BCUT2D eigenvalue weighted by atomic mass is 16.3. The highest BCUT2D eigenvalue weighted by Crippen LogP contribution is 2.29. The Bertz CT molecular complexity index is 1400. The van der Waals surface area contributed by atoms with E-state index in [-0.39, 0.29) is 25.2 Å². The van der Waals surface area contributed by atoms with Gasteiger partial charge in [0.2, 0.25) is 17.7 Å². The van der Waals surface area contributed by atoms with Crippen molar-refractivity contribution in [3.8, 4) is 24.7 Å². The molecule has 50 heavy (non-hydrogen) atoms. The van der Waals surface area contributed by atoms with Gasteiger partial charge in [-0.3, -0.25) is 14.4 Å². The van der Waals surface area contributed by atoms with Gasteiger partial charge in [0.25, 0.3) is 0 Å². The summed E-state index contributed by atoms with van der Waals surface area (Å²) in [6, 6.07) is 17.7. The first-order chi connectivity index (χ1) is 24.1. The van der Waals surface area contributed by atoms with Crippen LogP contribution in [0.1, 0.15) is 75.3 Å². The van der Waals surface area contributed by atoms with Gasteiger partial charge in [-0.25, -0.2) is 0 Å². The number of nitrogens with one attached hydrogen (secondary N) is 2. The van der Waals surface area contributed by atoms with E-state index in [1.54, 1.807) is 11.9 Å².